The van der Waals surface area contributed by atoms with Gasteiger partial charge in [0.2, 0.25) is 11.8 Å². The van der Waals surface area contributed by atoms with Crippen molar-refractivity contribution in [1.29, 1.82) is 0 Å². The van der Waals surface area contributed by atoms with Crippen molar-refractivity contribution >= 4 is 50.7 Å². The molecule has 38 heavy (non-hydrogen) atoms. The summed E-state index contributed by atoms with van der Waals surface area (Å²) in [6.45, 7) is 6.53. The third-order valence-electron chi connectivity index (χ3n) is 5.85. The summed E-state index contributed by atoms with van der Waals surface area (Å²) in [5.74, 6) is -0.935. The molecule has 0 aliphatic heterocycles. The number of sulfonamides is 1. The quantitative estimate of drug-likeness (QED) is 0.348. The Morgan fingerprint density at radius 2 is 1.61 bits per heavy atom. The van der Waals surface area contributed by atoms with Gasteiger partial charge in [-0.25, -0.2) is 8.42 Å². The van der Waals surface area contributed by atoms with Crippen LogP contribution in [0.3, 0.4) is 0 Å². The van der Waals surface area contributed by atoms with Gasteiger partial charge in [0, 0.05) is 22.6 Å². The molecule has 0 aliphatic carbocycles. The van der Waals surface area contributed by atoms with E-state index >= 15 is 0 Å². The average molecular weight is 577 g/mol. The molecule has 2 amide bonds. The van der Waals surface area contributed by atoms with Crippen LogP contribution in [0.1, 0.15) is 31.9 Å². The number of benzene rings is 3. The molecular formula is C28H31Cl2N3O4S. The summed E-state index contributed by atoms with van der Waals surface area (Å²) in [4.78, 5) is 28.2. The van der Waals surface area contributed by atoms with E-state index in [9.17, 15) is 18.0 Å². The summed E-state index contributed by atoms with van der Waals surface area (Å²) in [6, 6.07) is 18.6. The summed E-state index contributed by atoms with van der Waals surface area (Å²) in [6.07, 6.45) is 0. The van der Waals surface area contributed by atoms with Gasteiger partial charge in [0.1, 0.15) is 12.6 Å². The van der Waals surface area contributed by atoms with Crippen LogP contribution in [-0.4, -0.2) is 43.8 Å². The van der Waals surface area contributed by atoms with Crippen molar-refractivity contribution in [2.75, 3.05) is 10.8 Å². The SMILES string of the molecule is Cc1cccc(N(CC(=O)N(Cc2ccc(Cl)cc2Cl)[C@@H](C)C(=O)NC(C)C)S(=O)(=O)c2ccccc2)c1. The fourth-order valence-electron chi connectivity index (χ4n) is 3.85. The van der Waals surface area contributed by atoms with E-state index in [1.54, 1.807) is 61.5 Å². The van der Waals surface area contributed by atoms with Crippen LogP contribution in [0.15, 0.2) is 77.7 Å². The molecule has 0 saturated heterocycles. The first kappa shape index (κ1) is 29.5. The van der Waals surface area contributed by atoms with Gasteiger partial charge in [0.15, 0.2) is 0 Å². The van der Waals surface area contributed by atoms with Gasteiger partial charge in [-0.1, -0.05) is 59.6 Å². The smallest absolute Gasteiger partial charge is 0.264 e. The highest BCUT2D eigenvalue weighted by Gasteiger charge is 2.33. The van der Waals surface area contributed by atoms with Gasteiger partial charge >= 0.3 is 0 Å². The Morgan fingerprint density at radius 3 is 2.21 bits per heavy atom. The second-order valence-electron chi connectivity index (χ2n) is 9.26. The third-order valence-corrected chi connectivity index (χ3v) is 8.23. The van der Waals surface area contributed by atoms with Crippen molar-refractivity contribution in [3.63, 3.8) is 0 Å². The van der Waals surface area contributed by atoms with E-state index in [1.807, 2.05) is 26.8 Å². The molecule has 0 spiro atoms. The summed E-state index contributed by atoms with van der Waals surface area (Å²) in [7, 11) is -4.11. The van der Waals surface area contributed by atoms with E-state index in [2.05, 4.69) is 5.32 Å². The number of nitrogens with zero attached hydrogens (tertiary/aromatic N) is 2. The Hall–Kier alpha value is -3.07. The number of rotatable bonds is 10. The predicted molar refractivity (Wildman–Crippen MR) is 152 cm³/mol. The minimum atomic E-state index is -4.11. The largest absolute Gasteiger partial charge is 0.352 e. The molecule has 3 rings (SSSR count). The van der Waals surface area contributed by atoms with Gasteiger partial charge in [-0.15, -0.1) is 0 Å². The van der Waals surface area contributed by atoms with Crippen molar-refractivity contribution in [2.24, 2.45) is 0 Å². The highest BCUT2D eigenvalue weighted by Crippen LogP contribution is 2.27. The molecule has 1 atom stereocenters. The number of carbonyl (C=O) groups is 2. The number of hydrogen-bond donors (Lipinski definition) is 1. The van der Waals surface area contributed by atoms with Crippen LogP contribution in [-0.2, 0) is 26.2 Å². The summed E-state index contributed by atoms with van der Waals surface area (Å²) < 4.78 is 28.6. The molecule has 0 aliphatic rings. The molecule has 0 unspecified atom stereocenters. The first-order valence-electron chi connectivity index (χ1n) is 12.1. The van der Waals surface area contributed by atoms with Gasteiger partial charge < -0.3 is 10.2 Å². The summed E-state index contributed by atoms with van der Waals surface area (Å²) in [5, 5.41) is 3.58. The molecule has 3 aromatic carbocycles. The first-order chi connectivity index (χ1) is 17.9. The van der Waals surface area contributed by atoms with Gasteiger partial charge in [0.25, 0.3) is 10.0 Å². The molecular weight excluding hydrogens is 545 g/mol. The van der Waals surface area contributed by atoms with Crippen LogP contribution in [0, 0.1) is 6.92 Å². The van der Waals surface area contributed by atoms with E-state index in [1.165, 1.54) is 17.0 Å². The van der Waals surface area contributed by atoms with Crippen LogP contribution in [0.4, 0.5) is 5.69 Å². The molecule has 7 nitrogen and oxygen atoms in total. The minimum Gasteiger partial charge on any atom is -0.352 e. The van der Waals surface area contributed by atoms with E-state index in [4.69, 9.17) is 23.2 Å². The maximum atomic E-state index is 13.9. The summed E-state index contributed by atoms with van der Waals surface area (Å²) in [5.41, 5.74) is 1.74. The second kappa shape index (κ2) is 12.7. The standard InChI is InChI=1S/C28H31Cl2N3O4S/c1-19(2)31-28(35)21(4)32(17-22-13-14-23(29)16-26(22)30)27(34)18-33(24-10-8-9-20(3)15-24)38(36,37)25-11-6-5-7-12-25/h5-16,19,21H,17-18H2,1-4H3,(H,31,35)/t21-/m0/s1. The topological polar surface area (TPSA) is 86.8 Å². The molecule has 3 aromatic rings. The van der Waals surface area contributed by atoms with Gasteiger partial charge in [-0.3, -0.25) is 13.9 Å². The normalized spacial score (nSPS) is 12.2. The molecule has 202 valence electrons. The Labute approximate surface area is 234 Å². The molecule has 0 radical (unpaired) electrons. The van der Waals surface area contributed by atoms with Gasteiger partial charge in [-0.2, -0.15) is 0 Å². The van der Waals surface area contributed by atoms with Crippen LogP contribution < -0.4 is 9.62 Å². The van der Waals surface area contributed by atoms with Crippen molar-refractivity contribution < 1.29 is 18.0 Å². The third kappa shape index (κ3) is 7.28. The van der Waals surface area contributed by atoms with Crippen LogP contribution in [0.2, 0.25) is 10.0 Å². The number of aryl methyl sites for hydroxylation is 1. The van der Waals surface area contributed by atoms with Crippen molar-refractivity contribution in [3.05, 3.63) is 94.0 Å². The summed E-state index contributed by atoms with van der Waals surface area (Å²) >= 11 is 12.4. The zero-order valence-electron chi connectivity index (χ0n) is 21.7. The lowest BCUT2D eigenvalue weighted by Gasteiger charge is -2.32. The Bertz CT molecular complexity index is 1400. The zero-order valence-corrected chi connectivity index (χ0v) is 24.0. The molecule has 0 bridgehead atoms. The molecule has 0 saturated carbocycles. The fraction of sp³-hybridized carbons (Fsp3) is 0.286. The maximum absolute atomic E-state index is 13.9. The van der Waals surface area contributed by atoms with E-state index < -0.39 is 28.5 Å². The predicted octanol–water partition coefficient (Wildman–Crippen LogP) is 5.44. The van der Waals surface area contributed by atoms with E-state index in [0.717, 1.165) is 9.87 Å². The van der Waals surface area contributed by atoms with Gasteiger partial charge in [-0.05, 0) is 75.2 Å². The van der Waals surface area contributed by atoms with Crippen molar-refractivity contribution in [3.8, 4) is 0 Å². The molecule has 10 heteroatoms. The minimum absolute atomic E-state index is 0.0193. The second-order valence-corrected chi connectivity index (χ2v) is 12.0. The molecule has 0 fully saturated rings. The lowest BCUT2D eigenvalue weighted by atomic mass is 10.1. The highest BCUT2D eigenvalue weighted by atomic mass is 35.5. The maximum Gasteiger partial charge on any atom is 0.264 e. The number of carbonyl (C=O) groups excluding carboxylic acids is 2. The number of nitrogens with one attached hydrogen (secondary N) is 1. The number of anilines is 1. The first-order valence-corrected chi connectivity index (χ1v) is 14.3. The fourth-order valence-corrected chi connectivity index (χ4v) is 5.75. The zero-order chi connectivity index (χ0) is 28.0. The van der Waals surface area contributed by atoms with Gasteiger partial charge in [0.05, 0.1) is 10.6 Å². The molecule has 0 heterocycles. The van der Waals surface area contributed by atoms with Crippen molar-refractivity contribution in [1.82, 2.24) is 10.2 Å². The lowest BCUT2D eigenvalue weighted by molar-refractivity contribution is -0.139. The number of halogens is 2. The average Bonchev–Trinajstić information content (AvgIpc) is 2.86. The van der Waals surface area contributed by atoms with E-state index in [0.29, 0.717) is 21.3 Å². The Morgan fingerprint density at radius 1 is 0.921 bits per heavy atom. The van der Waals surface area contributed by atoms with Crippen molar-refractivity contribution in [2.45, 2.75) is 51.2 Å². The highest BCUT2D eigenvalue weighted by molar-refractivity contribution is 7.92. The van der Waals surface area contributed by atoms with Crippen LogP contribution >= 0.6 is 23.2 Å². The number of amides is 2. The monoisotopic (exact) mass is 575 g/mol. The molecule has 1 N–H and O–H groups in total. The van der Waals surface area contributed by atoms with Crippen LogP contribution in [0.25, 0.3) is 0 Å². The Kier molecular flexibility index (Phi) is 9.82. The van der Waals surface area contributed by atoms with Crippen LogP contribution in [0.5, 0.6) is 0 Å². The van der Waals surface area contributed by atoms with E-state index in [-0.39, 0.29) is 23.4 Å². The molecule has 0 aromatic heterocycles. The number of hydrogen-bond acceptors (Lipinski definition) is 4. The Balaban J connectivity index is 2.04. The lowest BCUT2D eigenvalue weighted by Crippen LogP contribution is -2.52.